The number of aromatic hydroxyl groups is 1. The maximum absolute atomic E-state index is 13.3. The fourth-order valence-electron chi connectivity index (χ4n) is 4.23. The molecule has 2 unspecified atom stereocenters. The number of benzene rings is 2. The Balaban J connectivity index is 1.55. The number of rotatable bonds is 3. The number of phenols is 1. The van der Waals surface area contributed by atoms with Crippen LogP contribution in [-0.2, 0) is 4.79 Å². The molecule has 2 heterocycles. The predicted molar refractivity (Wildman–Crippen MR) is 107 cm³/mol. The van der Waals surface area contributed by atoms with Crippen LogP contribution in [0.25, 0.3) is 0 Å². The number of ketones is 1. The Bertz CT molecular complexity index is 1100. The van der Waals surface area contributed by atoms with Crippen molar-refractivity contribution in [2.45, 2.75) is 24.8 Å². The highest BCUT2D eigenvalue weighted by atomic mass is 16.5. The number of fused-ring (bicyclic) bond motifs is 1. The lowest BCUT2D eigenvalue weighted by atomic mass is 9.78. The summed E-state index contributed by atoms with van der Waals surface area (Å²) in [4.78, 5) is 17.6. The van der Waals surface area contributed by atoms with Crippen molar-refractivity contribution >= 4 is 11.7 Å². The molecule has 0 saturated carbocycles. The number of phenolic OH excluding ortho intramolecular Hbond substituents is 1. The van der Waals surface area contributed by atoms with Crippen molar-refractivity contribution in [2.75, 3.05) is 12.4 Å². The van der Waals surface area contributed by atoms with E-state index in [1.54, 1.807) is 23.9 Å². The molecule has 2 aliphatic rings. The van der Waals surface area contributed by atoms with Gasteiger partial charge in [0.25, 0.3) is 0 Å². The first-order valence-electron chi connectivity index (χ1n) is 9.49. The lowest BCUT2D eigenvalue weighted by Gasteiger charge is -2.35. The van der Waals surface area contributed by atoms with Crippen molar-refractivity contribution in [3.8, 4) is 11.5 Å². The topological polar surface area (TPSA) is 89.3 Å². The van der Waals surface area contributed by atoms with Gasteiger partial charge in [-0.25, -0.2) is 4.68 Å². The molecule has 3 aromatic rings. The van der Waals surface area contributed by atoms with Crippen LogP contribution in [0.4, 0.5) is 5.95 Å². The molecule has 5 rings (SSSR count). The number of ether oxygens (including phenoxy) is 1. The summed E-state index contributed by atoms with van der Waals surface area (Å²) in [6.45, 7) is 0. The summed E-state index contributed by atoms with van der Waals surface area (Å²) in [7, 11) is 1.64. The van der Waals surface area contributed by atoms with Crippen molar-refractivity contribution in [3.05, 3.63) is 77.3 Å². The van der Waals surface area contributed by atoms with E-state index < -0.39 is 0 Å². The molecule has 1 aliphatic carbocycles. The predicted octanol–water partition coefficient (Wildman–Crippen LogP) is 3.41. The summed E-state index contributed by atoms with van der Waals surface area (Å²) in [5.74, 6) is 1.79. The first kappa shape index (κ1) is 17.5. The Kier molecular flexibility index (Phi) is 4.08. The summed E-state index contributed by atoms with van der Waals surface area (Å²) >= 11 is 0. The normalized spacial score (nSPS) is 20.7. The van der Waals surface area contributed by atoms with Crippen LogP contribution in [0.1, 0.15) is 35.9 Å². The fraction of sp³-hybridized carbons (Fsp3) is 0.227. The Morgan fingerprint density at radius 3 is 2.52 bits per heavy atom. The van der Waals surface area contributed by atoms with Crippen LogP contribution in [0.3, 0.4) is 0 Å². The fourth-order valence-corrected chi connectivity index (χ4v) is 4.23. The average molecular weight is 388 g/mol. The van der Waals surface area contributed by atoms with E-state index in [0.29, 0.717) is 12.4 Å². The van der Waals surface area contributed by atoms with Gasteiger partial charge >= 0.3 is 0 Å². The third-order valence-electron chi connectivity index (χ3n) is 5.66. The molecule has 0 saturated heterocycles. The number of nitrogens with one attached hydrogen (secondary N) is 1. The van der Waals surface area contributed by atoms with Crippen LogP contribution in [0.5, 0.6) is 11.5 Å². The van der Waals surface area contributed by atoms with Gasteiger partial charge in [-0.05, 0) is 47.7 Å². The molecular weight excluding hydrogens is 368 g/mol. The third-order valence-corrected chi connectivity index (χ3v) is 5.66. The zero-order valence-electron chi connectivity index (χ0n) is 15.9. The minimum Gasteiger partial charge on any atom is -0.508 e. The van der Waals surface area contributed by atoms with Crippen molar-refractivity contribution in [1.82, 2.24) is 14.8 Å². The number of hydrogen-bond donors (Lipinski definition) is 2. The minimum atomic E-state index is -0.353. The van der Waals surface area contributed by atoms with E-state index in [0.717, 1.165) is 34.6 Å². The Hall–Kier alpha value is -3.61. The second-order valence-electron chi connectivity index (χ2n) is 7.34. The van der Waals surface area contributed by atoms with E-state index in [1.165, 1.54) is 6.33 Å². The first-order valence-corrected chi connectivity index (χ1v) is 9.49. The number of allylic oxidation sites excluding steroid dienone is 2. The second-order valence-corrected chi connectivity index (χ2v) is 7.34. The van der Waals surface area contributed by atoms with Crippen LogP contribution in [0, 0.1) is 0 Å². The zero-order chi connectivity index (χ0) is 20.0. The highest BCUT2D eigenvalue weighted by molar-refractivity contribution is 6.00. The van der Waals surface area contributed by atoms with Gasteiger partial charge in [0, 0.05) is 17.7 Å². The lowest BCUT2D eigenvalue weighted by Crippen LogP contribution is -2.33. The van der Waals surface area contributed by atoms with Gasteiger partial charge in [-0.2, -0.15) is 10.1 Å². The number of nitrogens with zero attached hydrogens (tertiary/aromatic N) is 3. The van der Waals surface area contributed by atoms with E-state index >= 15 is 0 Å². The molecule has 2 aromatic carbocycles. The van der Waals surface area contributed by atoms with Crippen LogP contribution in [0.15, 0.2) is 66.1 Å². The Morgan fingerprint density at radius 1 is 1.07 bits per heavy atom. The summed E-state index contributed by atoms with van der Waals surface area (Å²) in [6.07, 6.45) is 2.64. The van der Waals surface area contributed by atoms with Crippen LogP contribution in [0.2, 0.25) is 0 Å². The summed E-state index contributed by atoms with van der Waals surface area (Å²) in [5.41, 5.74) is 3.61. The first-order chi connectivity index (χ1) is 14.1. The molecule has 2 atom stereocenters. The van der Waals surface area contributed by atoms with Crippen molar-refractivity contribution < 1.29 is 14.6 Å². The van der Waals surface area contributed by atoms with Crippen LogP contribution < -0.4 is 10.1 Å². The van der Waals surface area contributed by atoms with Gasteiger partial charge in [0.15, 0.2) is 5.78 Å². The number of aromatic nitrogens is 3. The highest BCUT2D eigenvalue weighted by Gasteiger charge is 2.39. The molecule has 1 aliphatic heterocycles. The van der Waals surface area contributed by atoms with Crippen LogP contribution in [-0.4, -0.2) is 32.8 Å². The number of methoxy groups -OCH3 is 1. The molecule has 7 heteroatoms. The third kappa shape index (κ3) is 2.95. The van der Waals surface area contributed by atoms with E-state index in [9.17, 15) is 9.90 Å². The van der Waals surface area contributed by atoms with E-state index in [-0.39, 0.29) is 23.5 Å². The van der Waals surface area contributed by atoms with Gasteiger partial charge in [-0.1, -0.05) is 24.3 Å². The van der Waals surface area contributed by atoms with Gasteiger partial charge in [-0.3, -0.25) is 4.79 Å². The van der Waals surface area contributed by atoms with Gasteiger partial charge in [-0.15, -0.1) is 0 Å². The quantitative estimate of drug-likeness (QED) is 0.715. The molecule has 29 heavy (non-hydrogen) atoms. The molecule has 0 fully saturated rings. The second kappa shape index (κ2) is 6.77. The molecule has 1 aromatic heterocycles. The maximum Gasteiger partial charge on any atom is 0.226 e. The number of anilines is 1. The highest BCUT2D eigenvalue weighted by Crippen LogP contribution is 2.44. The molecule has 146 valence electrons. The number of carbonyl (C=O) groups is 1. The maximum atomic E-state index is 13.3. The molecular formula is C22H20N4O3. The monoisotopic (exact) mass is 388 g/mol. The van der Waals surface area contributed by atoms with E-state index in [1.807, 2.05) is 36.4 Å². The largest absolute Gasteiger partial charge is 0.508 e. The standard InChI is InChI=1S/C22H20N4O3/c1-29-17-8-4-13(5-9-17)15-10-18-20(19(28)11-15)21(14-2-6-16(27)7-3-14)26-22(25-18)23-12-24-26/h2-9,12,15,21,27H,10-11H2,1H3,(H,23,24,25). The van der Waals surface area contributed by atoms with Gasteiger partial charge in [0.2, 0.25) is 5.95 Å². The van der Waals surface area contributed by atoms with Gasteiger partial charge in [0.05, 0.1) is 7.11 Å². The lowest BCUT2D eigenvalue weighted by molar-refractivity contribution is -0.116. The molecule has 0 radical (unpaired) electrons. The molecule has 0 spiro atoms. The van der Waals surface area contributed by atoms with E-state index in [2.05, 4.69) is 15.4 Å². The molecule has 7 nitrogen and oxygen atoms in total. The summed E-state index contributed by atoms with van der Waals surface area (Å²) in [6, 6.07) is 14.4. The number of hydrogen-bond acceptors (Lipinski definition) is 6. The SMILES string of the molecule is COc1ccc(C2CC(=O)C3=C(C2)Nc2ncnn2C3c2ccc(O)cc2)cc1. The zero-order valence-corrected chi connectivity index (χ0v) is 15.9. The number of carbonyl (C=O) groups excluding carboxylic acids is 1. The smallest absolute Gasteiger partial charge is 0.226 e. The van der Waals surface area contributed by atoms with Crippen molar-refractivity contribution in [1.29, 1.82) is 0 Å². The Labute approximate surface area is 167 Å². The molecule has 0 bridgehead atoms. The number of Topliss-reactive ketones (excluding diaryl/α,β-unsaturated/α-hetero) is 1. The van der Waals surface area contributed by atoms with Crippen molar-refractivity contribution in [2.24, 2.45) is 0 Å². The summed E-state index contributed by atoms with van der Waals surface area (Å²) in [5, 5.41) is 17.3. The van der Waals surface area contributed by atoms with E-state index in [4.69, 9.17) is 4.74 Å². The van der Waals surface area contributed by atoms with Crippen LogP contribution >= 0.6 is 0 Å². The molecule has 0 amide bonds. The van der Waals surface area contributed by atoms with Gasteiger partial charge < -0.3 is 15.2 Å². The minimum absolute atomic E-state index is 0.0922. The average Bonchev–Trinajstić information content (AvgIpc) is 3.21. The van der Waals surface area contributed by atoms with Crippen molar-refractivity contribution in [3.63, 3.8) is 0 Å². The van der Waals surface area contributed by atoms with Gasteiger partial charge in [0.1, 0.15) is 23.9 Å². The molecule has 2 N–H and O–H groups in total. The Morgan fingerprint density at radius 2 is 1.79 bits per heavy atom. The summed E-state index contributed by atoms with van der Waals surface area (Å²) < 4.78 is 6.97.